The van der Waals surface area contributed by atoms with Crippen LogP contribution in [0.1, 0.15) is 17.6 Å². The summed E-state index contributed by atoms with van der Waals surface area (Å²) in [5, 5.41) is 1.92. The van der Waals surface area contributed by atoms with E-state index < -0.39 is 0 Å². The van der Waals surface area contributed by atoms with Gasteiger partial charge in [0.2, 0.25) is 0 Å². The Morgan fingerprint density at radius 2 is 2.07 bits per heavy atom. The first-order chi connectivity index (χ1) is 6.92. The average Bonchev–Trinajstić information content (AvgIpc) is 2.74. The van der Waals surface area contributed by atoms with E-state index in [4.69, 9.17) is 5.84 Å². The van der Waals surface area contributed by atoms with Crippen LogP contribution in [0.3, 0.4) is 0 Å². The highest BCUT2D eigenvalue weighted by molar-refractivity contribution is 7.07. The standard InChI is InChI=1S/C8H9N5S/c9-13-7(6-4-14-5-12-6)8-10-2-1-3-11-8/h1-5,7,13H,9H2. The summed E-state index contributed by atoms with van der Waals surface area (Å²) in [6.07, 6.45) is 3.36. The lowest BCUT2D eigenvalue weighted by atomic mass is 10.2. The Morgan fingerprint density at radius 3 is 2.64 bits per heavy atom. The van der Waals surface area contributed by atoms with Crippen LogP contribution in [-0.2, 0) is 0 Å². The van der Waals surface area contributed by atoms with Crippen LogP contribution in [0.5, 0.6) is 0 Å². The normalized spacial score (nSPS) is 12.6. The molecule has 6 heteroatoms. The molecule has 0 aliphatic carbocycles. The maximum Gasteiger partial charge on any atom is 0.152 e. The first-order valence-electron chi connectivity index (χ1n) is 4.03. The van der Waals surface area contributed by atoms with Crippen molar-refractivity contribution in [1.29, 1.82) is 0 Å². The lowest BCUT2D eigenvalue weighted by molar-refractivity contribution is 0.590. The number of hydrogen-bond donors (Lipinski definition) is 2. The van der Waals surface area contributed by atoms with Crippen molar-refractivity contribution in [1.82, 2.24) is 20.4 Å². The number of hydrazine groups is 1. The van der Waals surface area contributed by atoms with Gasteiger partial charge in [-0.25, -0.2) is 20.4 Å². The van der Waals surface area contributed by atoms with Gasteiger partial charge in [-0.15, -0.1) is 11.3 Å². The molecule has 0 aliphatic heterocycles. The Balaban J connectivity index is 2.31. The predicted molar refractivity (Wildman–Crippen MR) is 53.3 cm³/mol. The summed E-state index contributed by atoms with van der Waals surface area (Å²) in [4.78, 5) is 12.4. The van der Waals surface area contributed by atoms with Crippen molar-refractivity contribution in [2.45, 2.75) is 6.04 Å². The fourth-order valence-electron chi connectivity index (χ4n) is 1.12. The van der Waals surface area contributed by atoms with Gasteiger partial charge in [-0.1, -0.05) is 0 Å². The summed E-state index contributed by atoms with van der Waals surface area (Å²) >= 11 is 1.52. The predicted octanol–water partition coefficient (Wildman–Crippen LogP) is 0.486. The van der Waals surface area contributed by atoms with Crippen LogP contribution in [0.4, 0.5) is 0 Å². The molecule has 0 bridgehead atoms. The van der Waals surface area contributed by atoms with Crippen LogP contribution in [0.15, 0.2) is 29.4 Å². The van der Waals surface area contributed by atoms with E-state index in [-0.39, 0.29) is 6.04 Å². The molecule has 14 heavy (non-hydrogen) atoms. The highest BCUT2D eigenvalue weighted by Gasteiger charge is 2.16. The Labute approximate surface area is 85.0 Å². The molecule has 0 saturated heterocycles. The number of thiazole rings is 1. The van der Waals surface area contributed by atoms with Crippen molar-refractivity contribution in [3.05, 3.63) is 40.9 Å². The van der Waals surface area contributed by atoms with Gasteiger partial charge in [-0.3, -0.25) is 5.84 Å². The first kappa shape index (κ1) is 9.20. The van der Waals surface area contributed by atoms with Crippen molar-refractivity contribution in [3.8, 4) is 0 Å². The van der Waals surface area contributed by atoms with E-state index in [1.165, 1.54) is 11.3 Å². The molecule has 0 radical (unpaired) electrons. The van der Waals surface area contributed by atoms with E-state index in [1.807, 2.05) is 5.38 Å². The lowest BCUT2D eigenvalue weighted by Crippen LogP contribution is -2.30. The topological polar surface area (TPSA) is 76.7 Å². The molecule has 0 aromatic carbocycles. The number of rotatable bonds is 3. The summed E-state index contributed by atoms with van der Waals surface area (Å²) in [7, 11) is 0. The van der Waals surface area contributed by atoms with Gasteiger partial charge in [-0.2, -0.15) is 0 Å². The first-order valence-corrected chi connectivity index (χ1v) is 4.97. The van der Waals surface area contributed by atoms with Crippen molar-refractivity contribution in [2.24, 2.45) is 5.84 Å². The quantitative estimate of drug-likeness (QED) is 0.565. The average molecular weight is 207 g/mol. The molecule has 1 unspecified atom stereocenters. The lowest BCUT2D eigenvalue weighted by Gasteiger charge is -2.10. The minimum atomic E-state index is -0.234. The highest BCUT2D eigenvalue weighted by Crippen LogP contribution is 2.16. The van der Waals surface area contributed by atoms with Gasteiger partial charge >= 0.3 is 0 Å². The Hall–Kier alpha value is -1.37. The van der Waals surface area contributed by atoms with E-state index in [9.17, 15) is 0 Å². The Kier molecular flexibility index (Phi) is 2.78. The number of nitrogens with one attached hydrogen (secondary N) is 1. The smallest absolute Gasteiger partial charge is 0.152 e. The zero-order valence-electron chi connectivity index (χ0n) is 7.29. The van der Waals surface area contributed by atoms with Gasteiger partial charge < -0.3 is 0 Å². The van der Waals surface area contributed by atoms with E-state index in [0.717, 1.165) is 5.69 Å². The number of hydrogen-bond acceptors (Lipinski definition) is 6. The molecular weight excluding hydrogens is 198 g/mol. The molecule has 0 aliphatic rings. The second kappa shape index (κ2) is 4.23. The summed E-state index contributed by atoms with van der Waals surface area (Å²) in [6, 6.07) is 1.53. The Morgan fingerprint density at radius 1 is 1.29 bits per heavy atom. The van der Waals surface area contributed by atoms with Crippen LogP contribution in [0.25, 0.3) is 0 Å². The van der Waals surface area contributed by atoms with Crippen LogP contribution >= 0.6 is 11.3 Å². The summed E-state index contributed by atoms with van der Waals surface area (Å²) in [6.45, 7) is 0. The van der Waals surface area contributed by atoms with Gasteiger partial charge in [0, 0.05) is 17.8 Å². The van der Waals surface area contributed by atoms with E-state index >= 15 is 0 Å². The van der Waals surface area contributed by atoms with E-state index in [1.54, 1.807) is 24.0 Å². The summed E-state index contributed by atoms with van der Waals surface area (Å²) in [5.74, 6) is 6.06. The van der Waals surface area contributed by atoms with Gasteiger partial charge in [0.15, 0.2) is 5.82 Å². The van der Waals surface area contributed by atoms with Crippen LogP contribution in [-0.4, -0.2) is 15.0 Å². The van der Waals surface area contributed by atoms with Gasteiger partial charge in [0.05, 0.1) is 11.2 Å². The SMILES string of the molecule is NNC(c1cscn1)c1ncccn1. The minimum absolute atomic E-state index is 0.234. The molecular formula is C8H9N5S. The molecule has 2 aromatic rings. The maximum absolute atomic E-state index is 5.43. The molecule has 2 aromatic heterocycles. The van der Waals surface area contributed by atoms with Gasteiger partial charge in [0.1, 0.15) is 6.04 Å². The molecule has 72 valence electrons. The fraction of sp³-hybridized carbons (Fsp3) is 0.125. The number of nitrogens with zero attached hydrogens (tertiary/aromatic N) is 3. The molecule has 1 atom stereocenters. The number of aromatic nitrogens is 3. The second-order valence-corrected chi connectivity index (χ2v) is 3.34. The monoisotopic (exact) mass is 207 g/mol. The van der Waals surface area contributed by atoms with Crippen LogP contribution in [0.2, 0.25) is 0 Å². The molecule has 0 saturated carbocycles. The van der Waals surface area contributed by atoms with Crippen molar-refractivity contribution in [2.75, 3.05) is 0 Å². The van der Waals surface area contributed by atoms with Crippen LogP contribution < -0.4 is 11.3 Å². The van der Waals surface area contributed by atoms with Gasteiger partial charge in [-0.05, 0) is 6.07 Å². The zero-order chi connectivity index (χ0) is 9.80. The van der Waals surface area contributed by atoms with Crippen LogP contribution in [0, 0.1) is 0 Å². The third-order valence-corrected chi connectivity index (χ3v) is 2.36. The zero-order valence-corrected chi connectivity index (χ0v) is 8.11. The molecule has 0 spiro atoms. The van der Waals surface area contributed by atoms with Crippen molar-refractivity contribution in [3.63, 3.8) is 0 Å². The summed E-state index contributed by atoms with van der Waals surface area (Å²) < 4.78 is 0. The molecule has 3 N–H and O–H groups in total. The second-order valence-electron chi connectivity index (χ2n) is 2.62. The minimum Gasteiger partial charge on any atom is -0.270 e. The molecule has 5 nitrogen and oxygen atoms in total. The van der Waals surface area contributed by atoms with Crippen molar-refractivity contribution >= 4 is 11.3 Å². The third-order valence-electron chi connectivity index (χ3n) is 1.76. The highest BCUT2D eigenvalue weighted by atomic mass is 32.1. The fourth-order valence-corrected chi connectivity index (χ4v) is 1.70. The maximum atomic E-state index is 5.43. The third kappa shape index (κ3) is 1.77. The van der Waals surface area contributed by atoms with Gasteiger partial charge in [0.25, 0.3) is 0 Å². The molecule has 2 heterocycles. The molecule has 2 rings (SSSR count). The van der Waals surface area contributed by atoms with E-state index in [0.29, 0.717) is 5.82 Å². The largest absolute Gasteiger partial charge is 0.270 e. The number of nitrogens with two attached hydrogens (primary N) is 1. The van der Waals surface area contributed by atoms with Crippen molar-refractivity contribution < 1.29 is 0 Å². The molecule has 0 amide bonds. The summed E-state index contributed by atoms with van der Waals surface area (Å²) in [5.41, 5.74) is 5.23. The Bertz CT molecular complexity index is 374. The van der Waals surface area contributed by atoms with E-state index in [2.05, 4.69) is 20.4 Å². The molecule has 0 fully saturated rings.